The molecule has 0 aromatic heterocycles. The van der Waals surface area contributed by atoms with E-state index >= 15 is 0 Å². The molecule has 0 saturated carbocycles. The smallest absolute Gasteiger partial charge is 0.251 e. The minimum absolute atomic E-state index is 0.0645. The highest BCUT2D eigenvalue weighted by Gasteiger charge is 2.41. The van der Waals surface area contributed by atoms with E-state index in [-0.39, 0.29) is 30.0 Å². The Morgan fingerprint density at radius 1 is 1.43 bits per heavy atom. The van der Waals surface area contributed by atoms with Crippen LogP contribution in [0, 0.1) is 5.82 Å². The van der Waals surface area contributed by atoms with Gasteiger partial charge in [0.2, 0.25) is 5.91 Å². The second-order valence-corrected chi connectivity index (χ2v) is 5.37. The first-order valence-corrected chi connectivity index (χ1v) is 6.84. The third-order valence-corrected chi connectivity index (χ3v) is 3.40. The number of carbonyl (C=O) groups excluding carboxylic acids is 2. The van der Waals surface area contributed by atoms with Gasteiger partial charge in [0, 0.05) is 18.7 Å². The van der Waals surface area contributed by atoms with Crippen LogP contribution in [0.1, 0.15) is 25.5 Å². The van der Waals surface area contributed by atoms with E-state index in [4.69, 9.17) is 4.74 Å². The quantitative estimate of drug-likeness (QED) is 0.912. The highest BCUT2D eigenvalue weighted by Crippen LogP contribution is 2.30. The number of rotatable bonds is 3. The van der Waals surface area contributed by atoms with Crippen molar-refractivity contribution in [2.45, 2.75) is 32.0 Å². The highest BCUT2D eigenvalue weighted by molar-refractivity contribution is 5.86. The van der Waals surface area contributed by atoms with E-state index in [2.05, 4.69) is 5.32 Å². The van der Waals surface area contributed by atoms with Gasteiger partial charge >= 0.3 is 0 Å². The van der Waals surface area contributed by atoms with Crippen LogP contribution in [0.2, 0.25) is 0 Å². The van der Waals surface area contributed by atoms with Gasteiger partial charge in [-0.2, -0.15) is 0 Å². The molecule has 2 rings (SSSR count). The molecule has 2 amide bonds. The predicted molar refractivity (Wildman–Crippen MR) is 74.9 cm³/mol. The summed E-state index contributed by atoms with van der Waals surface area (Å²) in [5.41, 5.74) is 0.275. The number of halogens is 1. The fourth-order valence-corrected chi connectivity index (χ4v) is 2.38. The van der Waals surface area contributed by atoms with Gasteiger partial charge in [0.15, 0.2) is 6.10 Å². The monoisotopic (exact) mass is 294 g/mol. The average molecular weight is 294 g/mol. The summed E-state index contributed by atoms with van der Waals surface area (Å²) < 4.78 is 19.4. The van der Waals surface area contributed by atoms with Crippen LogP contribution in [-0.2, 0) is 14.3 Å². The number of hydrogen-bond donors (Lipinski definition) is 1. The molecule has 21 heavy (non-hydrogen) atoms. The number of benzene rings is 1. The fraction of sp³-hybridized carbons (Fsp3) is 0.467. The summed E-state index contributed by atoms with van der Waals surface area (Å²) in [7, 11) is 1.55. The van der Waals surface area contributed by atoms with E-state index in [1.807, 2.05) is 13.8 Å². The van der Waals surface area contributed by atoms with Crippen molar-refractivity contribution in [3.05, 3.63) is 35.6 Å². The molecular weight excluding hydrogens is 275 g/mol. The molecule has 2 atom stereocenters. The van der Waals surface area contributed by atoms with E-state index in [0.29, 0.717) is 0 Å². The minimum Gasteiger partial charge on any atom is -0.356 e. The second kappa shape index (κ2) is 6.22. The Kier molecular flexibility index (Phi) is 4.57. The number of ether oxygens (including phenoxy) is 1. The maximum Gasteiger partial charge on any atom is 0.251 e. The van der Waals surface area contributed by atoms with Gasteiger partial charge in [-0.05, 0) is 19.9 Å². The fourth-order valence-electron chi connectivity index (χ4n) is 2.38. The molecule has 0 aliphatic carbocycles. The molecule has 1 fully saturated rings. The molecule has 114 valence electrons. The van der Waals surface area contributed by atoms with Crippen LogP contribution >= 0.6 is 0 Å². The molecule has 6 heteroatoms. The van der Waals surface area contributed by atoms with Crippen molar-refractivity contribution >= 4 is 11.8 Å². The Labute approximate surface area is 123 Å². The summed E-state index contributed by atoms with van der Waals surface area (Å²) >= 11 is 0. The normalized spacial score (nSPS) is 22.5. The van der Waals surface area contributed by atoms with E-state index in [0.717, 1.165) is 0 Å². The summed E-state index contributed by atoms with van der Waals surface area (Å²) in [6, 6.07) is 5.26. The van der Waals surface area contributed by atoms with Crippen molar-refractivity contribution in [2.75, 3.05) is 13.7 Å². The third-order valence-electron chi connectivity index (χ3n) is 3.40. The van der Waals surface area contributed by atoms with Crippen molar-refractivity contribution in [3.63, 3.8) is 0 Å². The first-order chi connectivity index (χ1) is 9.91. The van der Waals surface area contributed by atoms with Crippen LogP contribution < -0.4 is 5.32 Å². The molecule has 1 N–H and O–H groups in total. The van der Waals surface area contributed by atoms with E-state index in [9.17, 15) is 14.0 Å². The van der Waals surface area contributed by atoms with Crippen molar-refractivity contribution in [3.8, 4) is 0 Å². The molecule has 5 nitrogen and oxygen atoms in total. The Balaban J connectivity index is 2.36. The third kappa shape index (κ3) is 3.21. The van der Waals surface area contributed by atoms with Gasteiger partial charge in [-0.15, -0.1) is 0 Å². The lowest BCUT2D eigenvalue weighted by molar-refractivity contribution is -0.162. The molecule has 0 bridgehead atoms. The van der Waals surface area contributed by atoms with Crippen LogP contribution in [0.4, 0.5) is 4.39 Å². The second-order valence-electron chi connectivity index (χ2n) is 5.37. The molecular formula is C15H19FN2O3. The lowest BCUT2D eigenvalue weighted by atomic mass is 9.97. The van der Waals surface area contributed by atoms with Crippen LogP contribution in [0.5, 0.6) is 0 Å². The summed E-state index contributed by atoms with van der Waals surface area (Å²) in [6.45, 7) is 3.47. The molecule has 1 aliphatic heterocycles. The van der Waals surface area contributed by atoms with Crippen molar-refractivity contribution < 1.29 is 18.7 Å². The van der Waals surface area contributed by atoms with E-state index in [1.54, 1.807) is 25.2 Å². The van der Waals surface area contributed by atoms with E-state index < -0.39 is 18.0 Å². The van der Waals surface area contributed by atoms with Crippen LogP contribution in [0.25, 0.3) is 0 Å². The lowest BCUT2D eigenvalue weighted by Crippen LogP contribution is -2.54. The number of hydrogen-bond acceptors (Lipinski definition) is 3. The zero-order valence-electron chi connectivity index (χ0n) is 12.3. The van der Waals surface area contributed by atoms with Crippen LogP contribution in [-0.4, -0.2) is 42.5 Å². The lowest BCUT2D eigenvalue weighted by Gasteiger charge is -2.38. The summed E-state index contributed by atoms with van der Waals surface area (Å²) in [5.74, 6) is -1.09. The highest BCUT2D eigenvalue weighted by atomic mass is 19.1. The minimum atomic E-state index is -0.924. The van der Waals surface area contributed by atoms with Crippen molar-refractivity contribution in [2.24, 2.45) is 0 Å². The summed E-state index contributed by atoms with van der Waals surface area (Å²) in [5, 5.41) is 2.74. The maximum absolute atomic E-state index is 14.0. The van der Waals surface area contributed by atoms with Crippen molar-refractivity contribution in [1.29, 1.82) is 0 Å². The van der Waals surface area contributed by atoms with Crippen LogP contribution in [0.3, 0.4) is 0 Å². The molecule has 1 heterocycles. The molecule has 0 radical (unpaired) electrons. The van der Waals surface area contributed by atoms with Gasteiger partial charge in [0.05, 0.1) is 6.04 Å². The largest absolute Gasteiger partial charge is 0.356 e. The average Bonchev–Trinajstić information content (AvgIpc) is 2.42. The number of amides is 2. The van der Waals surface area contributed by atoms with Gasteiger partial charge in [-0.3, -0.25) is 9.59 Å². The molecule has 1 aromatic rings. The number of nitrogens with zero attached hydrogens (tertiary/aromatic N) is 1. The molecule has 1 saturated heterocycles. The Morgan fingerprint density at radius 3 is 2.71 bits per heavy atom. The number of likely N-dealkylation sites (N-methyl/N-ethyl adjacent to an activating group) is 1. The Bertz CT molecular complexity index is 547. The summed E-state index contributed by atoms with van der Waals surface area (Å²) in [6.07, 6.45) is -0.924. The molecule has 0 spiro atoms. The predicted octanol–water partition coefficient (Wildman–Crippen LogP) is 1.25. The number of carbonyl (C=O) groups is 2. The van der Waals surface area contributed by atoms with Crippen molar-refractivity contribution in [1.82, 2.24) is 10.2 Å². The van der Waals surface area contributed by atoms with Gasteiger partial charge in [0.1, 0.15) is 12.4 Å². The number of nitrogens with one attached hydrogen (secondary N) is 1. The molecule has 1 aliphatic rings. The SMILES string of the molecule is CC(C)NC(=O)[C@H]1OCC(=O)N(C)[C@@H]1c1ccccc1F. The standard InChI is InChI=1S/C15H19FN2O3/c1-9(2)17-15(20)14-13(18(3)12(19)8-21-14)10-6-4-5-7-11(10)16/h4-7,9,13-14H,8H2,1-3H3,(H,17,20)/t13-,14+/m1/s1. The summed E-state index contributed by atoms with van der Waals surface area (Å²) in [4.78, 5) is 25.5. The van der Waals surface area contributed by atoms with Crippen LogP contribution in [0.15, 0.2) is 24.3 Å². The topological polar surface area (TPSA) is 58.6 Å². The number of morpholine rings is 1. The van der Waals surface area contributed by atoms with Gasteiger partial charge in [0.25, 0.3) is 5.91 Å². The Morgan fingerprint density at radius 2 is 2.10 bits per heavy atom. The molecule has 0 unspecified atom stereocenters. The zero-order valence-corrected chi connectivity index (χ0v) is 12.3. The van der Waals surface area contributed by atoms with Gasteiger partial charge < -0.3 is 15.0 Å². The van der Waals surface area contributed by atoms with Gasteiger partial charge in [-0.1, -0.05) is 18.2 Å². The van der Waals surface area contributed by atoms with Gasteiger partial charge in [-0.25, -0.2) is 4.39 Å². The van der Waals surface area contributed by atoms with E-state index in [1.165, 1.54) is 11.0 Å². The first-order valence-electron chi connectivity index (χ1n) is 6.84. The Hall–Kier alpha value is -1.95. The molecule has 1 aromatic carbocycles. The first kappa shape index (κ1) is 15.4. The zero-order chi connectivity index (χ0) is 15.6. The maximum atomic E-state index is 14.0.